The van der Waals surface area contributed by atoms with Crippen LogP contribution >= 0.6 is 39.1 Å². The van der Waals surface area contributed by atoms with Crippen LogP contribution in [0.2, 0.25) is 5.02 Å². The van der Waals surface area contributed by atoms with Crippen molar-refractivity contribution in [3.05, 3.63) is 44.9 Å². The molecule has 1 aromatic rings. The van der Waals surface area contributed by atoms with Gasteiger partial charge in [-0.05, 0) is 33.6 Å². The van der Waals surface area contributed by atoms with E-state index in [9.17, 15) is 0 Å². The zero-order chi connectivity index (χ0) is 10.6. The van der Waals surface area contributed by atoms with Crippen molar-refractivity contribution >= 4 is 39.1 Å². The van der Waals surface area contributed by atoms with Gasteiger partial charge in [-0.3, -0.25) is 0 Å². The number of hydrogen-bond donors (Lipinski definition) is 1. The van der Waals surface area contributed by atoms with E-state index in [4.69, 9.17) is 23.2 Å². The molecule has 0 radical (unpaired) electrons. The van der Waals surface area contributed by atoms with E-state index in [1.54, 1.807) is 0 Å². The third-order valence-corrected chi connectivity index (χ3v) is 3.00. The zero-order valence-corrected chi connectivity index (χ0v) is 10.6. The van der Waals surface area contributed by atoms with Crippen molar-refractivity contribution in [2.75, 3.05) is 6.54 Å². The van der Waals surface area contributed by atoms with Gasteiger partial charge in [0, 0.05) is 22.6 Å². The summed E-state index contributed by atoms with van der Waals surface area (Å²) in [5.41, 5.74) is 1.12. The minimum atomic E-state index is 0.605. The molecule has 0 atom stereocenters. The van der Waals surface area contributed by atoms with E-state index in [1.165, 1.54) is 0 Å². The molecule has 0 aliphatic carbocycles. The molecule has 76 valence electrons. The Labute approximate surface area is 102 Å². The molecule has 1 N–H and O–H groups in total. The highest BCUT2D eigenvalue weighted by Crippen LogP contribution is 2.22. The second-order valence-electron chi connectivity index (χ2n) is 2.87. The maximum absolute atomic E-state index is 5.94. The van der Waals surface area contributed by atoms with E-state index in [1.807, 2.05) is 18.2 Å². The van der Waals surface area contributed by atoms with Gasteiger partial charge >= 0.3 is 0 Å². The van der Waals surface area contributed by atoms with Gasteiger partial charge in [0.1, 0.15) is 0 Å². The molecule has 0 fully saturated rings. The van der Waals surface area contributed by atoms with Crippen LogP contribution in [0.3, 0.4) is 0 Å². The SMILES string of the molecule is C=C(Cl)CNCc1ccc(Br)c(Cl)c1. The van der Waals surface area contributed by atoms with E-state index < -0.39 is 0 Å². The quantitative estimate of drug-likeness (QED) is 0.887. The summed E-state index contributed by atoms with van der Waals surface area (Å²) in [5, 5.41) is 4.46. The Morgan fingerprint density at radius 3 is 2.79 bits per heavy atom. The normalized spacial score (nSPS) is 10.2. The fourth-order valence-corrected chi connectivity index (χ4v) is 1.54. The van der Waals surface area contributed by atoms with Crippen molar-refractivity contribution in [3.63, 3.8) is 0 Å². The van der Waals surface area contributed by atoms with E-state index in [0.717, 1.165) is 16.6 Å². The predicted molar refractivity (Wildman–Crippen MR) is 65.9 cm³/mol. The Hall–Kier alpha value is -0.0200. The van der Waals surface area contributed by atoms with Gasteiger partial charge < -0.3 is 5.32 Å². The van der Waals surface area contributed by atoms with Crippen molar-refractivity contribution in [3.8, 4) is 0 Å². The van der Waals surface area contributed by atoms with Crippen LogP contribution in [-0.2, 0) is 6.54 Å². The molecule has 0 saturated carbocycles. The molecule has 0 aromatic heterocycles. The van der Waals surface area contributed by atoms with E-state index >= 15 is 0 Å². The van der Waals surface area contributed by atoms with Crippen LogP contribution in [0, 0.1) is 0 Å². The number of benzene rings is 1. The Morgan fingerprint density at radius 1 is 1.50 bits per heavy atom. The van der Waals surface area contributed by atoms with Crippen molar-refractivity contribution in [1.82, 2.24) is 5.32 Å². The summed E-state index contributed by atoms with van der Waals surface area (Å²) in [4.78, 5) is 0. The van der Waals surface area contributed by atoms with Gasteiger partial charge in [-0.25, -0.2) is 0 Å². The first-order valence-electron chi connectivity index (χ1n) is 4.07. The maximum atomic E-state index is 5.94. The molecule has 0 aliphatic heterocycles. The lowest BCUT2D eigenvalue weighted by Crippen LogP contribution is -2.14. The second-order valence-corrected chi connectivity index (χ2v) is 4.67. The lowest BCUT2D eigenvalue weighted by molar-refractivity contribution is 0.755. The van der Waals surface area contributed by atoms with Gasteiger partial charge in [0.25, 0.3) is 0 Å². The first-order chi connectivity index (χ1) is 6.59. The summed E-state index contributed by atoms with van der Waals surface area (Å²) in [6, 6.07) is 5.84. The topological polar surface area (TPSA) is 12.0 Å². The summed E-state index contributed by atoms with van der Waals surface area (Å²) in [6.07, 6.45) is 0. The van der Waals surface area contributed by atoms with Crippen molar-refractivity contribution in [2.24, 2.45) is 0 Å². The number of nitrogens with one attached hydrogen (secondary N) is 1. The molecule has 0 unspecified atom stereocenters. The van der Waals surface area contributed by atoms with Crippen LogP contribution in [0.4, 0.5) is 0 Å². The fourth-order valence-electron chi connectivity index (χ4n) is 0.992. The predicted octanol–water partition coefficient (Wildman–Crippen LogP) is 3.94. The molecule has 0 spiro atoms. The van der Waals surface area contributed by atoms with Crippen molar-refractivity contribution < 1.29 is 0 Å². The third kappa shape index (κ3) is 4.01. The number of hydrogen-bond acceptors (Lipinski definition) is 1. The first-order valence-corrected chi connectivity index (χ1v) is 5.62. The Kier molecular flexibility index (Phi) is 4.96. The van der Waals surface area contributed by atoms with Gasteiger partial charge in [0.05, 0.1) is 5.02 Å². The fraction of sp³-hybridized carbons (Fsp3) is 0.200. The molecular formula is C10H10BrCl2N. The lowest BCUT2D eigenvalue weighted by Gasteiger charge is -2.04. The number of rotatable bonds is 4. The Morgan fingerprint density at radius 2 is 2.21 bits per heavy atom. The second kappa shape index (κ2) is 5.76. The van der Waals surface area contributed by atoms with Crippen LogP contribution in [0.25, 0.3) is 0 Å². The lowest BCUT2D eigenvalue weighted by atomic mass is 10.2. The zero-order valence-electron chi connectivity index (χ0n) is 7.49. The molecule has 4 heteroatoms. The van der Waals surface area contributed by atoms with Crippen LogP contribution < -0.4 is 5.32 Å². The molecular weight excluding hydrogens is 285 g/mol. The van der Waals surface area contributed by atoms with E-state index in [2.05, 4.69) is 27.8 Å². The monoisotopic (exact) mass is 293 g/mol. The molecule has 1 aromatic carbocycles. The van der Waals surface area contributed by atoms with Gasteiger partial charge in [-0.2, -0.15) is 0 Å². The molecule has 1 nitrogen and oxygen atoms in total. The molecule has 1 rings (SSSR count). The first kappa shape index (κ1) is 12.1. The third-order valence-electron chi connectivity index (χ3n) is 1.63. The summed E-state index contributed by atoms with van der Waals surface area (Å²) in [5.74, 6) is 0. The summed E-state index contributed by atoms with van der Waals surface area (Å²) in [7, 11) is 0. The smallest absolute Gasteiger partial charge is 0.0551 e. The van der Waals surface area contributed by atoms with Gasteiger partial charge in [-0.1, -0.05) is 35.8 Å². The van der Waals surface area contributed by atoms with Gasteiger partial charge in [0.15, 0.2) is 0 Å². The van der Waals surface area contributed by atoms with Crippen molar-refractivity contribution in [1.29, 1.82) is 0 Å². The molecule has 14 heavy (non-hydrogen) atoms. The van der Waals surface area contributed by atoms with E-state index in [0.29, 0.717) is 16.6 Å². The average molecular weight is 295 g/mol. The summed E-state index contributed by atoms with van der Waals surface area (Å²) in [6.45, 7) is 4.93. The standard InChI is InChI=1S/C10H10BrCl2N/c1-7(12)5-14-6-8-2-3-9(11)10(13)4-8/h2-4,14H,1,5-6H2. The summed E-state index contributed by atoms with van der Waals surface area (Å²) >= 11 is 14.9. The average Bonchev–Trinajstić information content (AvgIpc) is 2.10. The van der Waals surface area contributed by atoms with Crippen LogP contribution in [0.15, 0.2) is 34.3 Å². The molecule has 0 saturated heterocycles. The largest absolute Gasteiger partial charge is 0.308 e. The van der Waals surface area contributed by atoms with Gasteiger partial charge in [0.2, 0.25) is 0 Å². The highest BCUT2D eigenvalue weighted by Gasteiger charge is 1.98. The molecule has 0 aliphatic rings. The molecule has 0 bridgehead atoms. The molecule has 0 amide bonds. The summed E-state index contributed by atoms with van der Waals surface area (Å²) < 4.78 is 0.907. The highest BCUT2D eigenvalue weighted by molar-refractivity contribution is 9.10. The highest BCUT2D eigenvalue weighted by atomic mass is 79.9. The minimum Gasteiger partial charge on any atom is -0.308 e. The molecule has 0 heterocycles. The van der Waals surface area contributed by atoms with Gasteiger partial charge in [-0.15, -0.1) is 0 Å². The van der Waals surface area contributed by atoms with Crippen LogP contribution in [0.1, 0.15) is 5.56 Å². The van der Waals surface area contributed by atoms with Crippen LogP contribution in [0.5, 0.6) is 0 Å². The maximum Gasteiger partial charge on any atom is 0.0551 e. The van der Waals surface area contributed by atoms with Crippen LogP contribution in [-0.4, -0.2) is 6.54 Å². The van der Waals surface area contributed by atoms with E-state index in [-0.39, 0.29) is 0 Å². The Bertz CT molecular complexity index is 339. The van der Waals surface area contributed by atoms with Crippen molar-refractivity contribution in [2.45, 2.75) is 6.54 Å². The minimum absolute atomic E-state index is 0.605. The number of halogens is 3. The Balaban J connectivity index is 2.51.